The summed E-state index contributed by atoms with van der Waals surface area (Å²) in [7, 11) is 0. The molecule has 13 heavy (non-hydrogen) atoms. The molecule has 0 spiro atoms. The van der Waals surface area contributed by atoms with Crippen molar-refractivity contribution in [1.29, 1.82) is 0 Å². The topological polar surface area (TPSA) is 38.9 Å². The molecule has 0 saturated heterocycles. The summed E-state index contributed by atoms with van der Waals surface area (Å²) in [6.07, 6.45) is 3.95. The average molecular weight is 217 g/mol. The molecule has 1 heterocycles. The molecular weight excluding hydrogens is 204 g/mol. The number of nitrogens with two attached hydrogens (primary N) is 1. The highest BCUT2D eigenvalue weighted by atomic mass is 35.5. The normalized spacial score (nSPS) is 10.3. The number of aromatic nitrogens is 1. The third kappa shape index (κ3) is 3.98. The number of hydrogen-bond acceptors (Lipinski definition) is 3. The van der Waals surface area contributed by atoms with Crippen LogP contribution in [0.1, 0.15) is 12.8 Å². The predicted octanol–water partition coefficient (Wildman–Crippen LogP) is 2.57. The van der Waals surface area contributed by atoms with Crippen LogP contribution in [0.3, 0.4) is 0 Å². The molecule has 1 rings (SSSR count). The van der Waals surface area contributed by atoms with Crippen LogP contribution >= 0.6 is 23.4 Å². The van der Waals surface area contributed by atoms with Gasteiger partial charge in [-0.15, -0.1) is 11.8 Å². The van der Waals surface area contributed by atoms with E-state index in [4.69, 9.17) is 17.3 Å². The van der Waals surface area contributed by atoms with Crippen molar-refractivity contribution in [2.45, 2.75) is 17.9 Å². The number of hydrogen-bond donors (Lipinski definition) is 1. The van der Waals surface area contributed by atoms with E-state index in [1.165, 1.54) is 0 Å². The Morgan fingerprint density at radius 2 is 2.31 bits per heavy atom. The van der Waals surface area contributed by atoms with Gasteiger partial charge in [-0.2, -0.15) is 0 Å². The molecule has 2 nitrogen and oxygen atoms in total. The van der Waals surface area contributed by atoms with Crippen molar-refractivity contribution >= 4 is 23.4 Å². The number of rotatable bonds is 5. The summed E-state index contributed by atoms with van der Waals surface area (Å²) in [5.41, 5.74) is 5.39. The largest absolute Gasteiger partial charge is 0.330 e. The molecule has 0 fully saturated rings. The van der Waals surface area contributed by atoms with Crippen molar-refractivity contribution in [2.24, 2.45) is 5.73 Å². The Labute approximate surface area is 87.9 Å². The smallest absolute Gasteiger partial charge is 0.115 e. The van der Waals surface area contributed by atoms with Crippen LogP contribution in [0.2, 0.25) is 5.02 Å². The van der Waals surface area contributed by atoms with Crippen molar-refractivity contribution < 1.29 is 0 Å². The fourth-order valence-corrected chi connectivity index (χ4v) is 2.06. The Hall–Kier alpha value is -0.250. The first-order valence-electron chi connectivity index (χ1n) is 4.28. The van der Waals surface area contributed by atoms with Crippen molar-refractivity contribution in [3.8, 4) is 0 Å². The maximum absolute atomic E-state index is 5.93. The maximum atomic E-state index is 5.93. The maximum Gasteiger partial charge on any atom is 0.115 e. The molecule has 0 saturated carbocycles. The Bertz CT molecular complexity index is 255. The van der Waals surface area contributed by atoms with Gasteiger partial charge < -0.3 is 5.73 Å². The molecule has 0 bridgehead atoms. The van der Waals surface area contributed by atoms with E-state index < -0.39 is 0 Å². The lowest BCUT2D eigenvalue weighted by atomic mass is 10.3. The van der Waals surface area contributed by atoms with Crippen LogP contribution in [0.4, 0.5) is 0 Å². The second kappa shape index (κ2) is 6.24. The van der Waals surface area contributed by atoms with Gasteiger partial charge in [0.05, 0.1) is 5.02 Å². The minimum atomic E-state index is 0.736. The van der Waals surface area contributed by atoms with E-state index in [-0.39, 0.29) is 0 Å². The van der Waals surface area contributed by atoms with E-state index in [0.29, 0.717) is 0 Å². The lowest BCUT2D eigenvalue weighted by molar-refractivity contribution is 0.814. The molecular formula is C9H13ClN2S. The minimum Gasteiger partial charge on any atom is -0.330 e. The highest BCUT2D eigenvalue weighted by Crippen LogP contribution is 2.24. The van der Waals surface area contributed by atoms with Crippen LogP contribution in [-0.2, 0) is 0 Å². The third-order valence-electron chi connectivity index (χ3n) is 1.56. The van der Waals surface area contributed by atoms with Gasteiger partial charge in [-0.05, 0) is 37.3 Å². The standard InChI is InChI=1S/C9H13ClN2S/c10-8-4-3-6-12-9(8)13-7-2-1-5-11/h3-4,6H,1-2,5,7,11H2. The molecule has 2 N–H and O–H groups in total. The van der Waals surface area contributed by atoms with Gasteiger partial charge in [0.1, 0.15) is 5.03 Å². The SMILES string of the molecule is NCCCCSc1ncccc1Cl. The lowest BCUT2D eigenvalue weighted by Crippen LogP contribution is -1.98. The number of unbranched alkanes of at least 4 members (excludes halogenated alkanes) is 1. The van der Waals surface area contributed by atoms with Gasteiger partial charge in [-0.3, -0.25) is 0 Å². The average Bonchev–Trinajstić information content (AvgIpc) is 2.15. The summed E-state index contributed by atoms with van der Waals surface area (Å²) in [5, 5.41) is 1.65. The van der Waals surface area contributed by atoms with Crippen molar-refractivity contribution in [3.05, 3.63) is 23.4 Å². The molecule has 72 valence electrons. The predicted molar refractivity (Wildman–Crippen MR) is 58.3 cm³/mol. The van der Waals surface area contributed by atoms with Crippen LogP contribution < -0.4 is 5.73 Å². The molecule has 1 aromatic rings. The monoisotopic (exact) mass is 216 g/mol. The quantitative estimate of drug-likeness (QED) is 0.608. The zero-order chi connectivity index (χ0) is 9.52. The first-order valence-corrected chi connectivity index (χ1v) is 5.64. The summed E-state index contributed by atoms with van der Waals surface area (Å²) in [4.78, 5) is 4.18. The summed E-state index contributed by atoms with van der Waals surface area (Å²) in [6, 6.07) is 3.70. The first kappa shape index (κ1) is 10.8. The Balaban J connectivity index is 2.32. The number of pyridine rings is 1. The summed E-state index contributed by atoms with van der Waals surface area (Å²) < 4.78 is 0. The number of nitrogens with zero attached hydrogens (tertiary/aromatic N) is 1. The van der Waals surface area contributed by atoms with Crippen molar-refractivity contribution in [3.63, 3.8) is 0 Å². The summed E-state index contributed by atoms with van der Waals surface area (Å²) in [6.45, 7) is 0.760. The minimum absolute atomic E-state index is 0.736. The zero-order valence-electron chi connectivity index (χ0n) is 7.37. The molecule has 1 aromatic heterocycles. The summed E-state index contributed by atoms with van der Waals surface area (Å²) in [5.74, 6) is 1.04. The Morgan fingerprint density at radius 1 is 1.46 bits per heavy atom. The fourth-order valence-electron chi connectivity index (χ4n) is 0.893. The fraction of sp³-hybridized carbons (Fsp3) is 0.444. The van der Waals surface area contributed by atoms with E-state index in [2.05, 4.69) is 4.98 Å². The van der Waals surface area contributed by atoms with Crippen LogP contribution in [0.25, 0.3) is 0 Å². The molecule has 0 radical (unpaired) electrons. The first-order chi connectivity index (χ1) is 6.34. The van der Waals surface area contributed by atoms with Crippen LogP contribution in [0.15, 0.2) is 23.4 Å². The molecule has 4 heteroatoms. The van der Waals surface area contributed by atoms with E-state index in [1.807, 2.05) is 12.1 Å². The molecule has 0 aliphatic carbocycles. The highest BCUT2D eigenvalue weighted by molar-refractivity contribution is 7.99. The van der Waals surface area contributed by atoms with Crippen molar-refractivity contribution in [2.75, 3.05) is 12.3 Å². The van der Waals surface area contributed by atoms with Gasteiger partial charge in [0, 0.05) is 6.20 Å². The van der Waals surface area contributed by atoms with Gasteiger partial charge in [-0.25, -0.2) is 4.98 Å². The molecule has 0 aliphatic heterocycles. The van der Waals surface area contributed by atoms with E-state index >= 15 is 0 Å². The van der Waals surface area contributed by atoms with E-state index in [0.717, 1.165) is 35.2 Å². The number of thioether (sulfide) groups is 1. The Kier molecular flexibility index (Phi) is 5.20. The molecule has 0 amide bonds. The van der Waals surface area contributed by atoms with Gasteiger partial charge in [-0.1, -0.05) is 11.6 Å². The number of halogens is 1. The highest BCUT2D eigenvalue weighted by Gasteiger charge is 1.99. The molecule has 0 atom stereocenters. The zero-order valence-corrected chi connectivity index (χ0v) is 8.94. The van der Waals surface area contributed by atoms with Crippen LogP contribution in [0.5, 0.6) is 0 Å². The van der Waals surface area contributed by atoms with Crippen LogP contribution in [-0.4, -0.2) is 17.3 Å². The molecule has 0 aromatic carbocycles. The second-order valence-corrected chi connectivity index (χ2v) is 4.13. The van der Waals surface area contributed by atoms with Gasteiger partial charge in [0.25, 0.3) is 0 Å². The third-order valence-corrected chi connectivity index (χ3v) is 3.07. The second-order valence-electron chi connectivity index (χ2n) is 2.63. The lowest BCUT2D eigenvalue weighted by Gasteiger charge is -2.01. The molecule has 0 aliphatic rings. The van der Waals surface area contributed by atoms with E-state index in [1.54, 1.807) is 18.0 Å². The van der Waals surface area contributed by atoms with E-state index in [9.17, 15) is 0 Å². The van der Waals surface area contributed by atoms with Gasteiger partial charge >= 0.3 is 0 Å². The molecule has 0 unspecified atom stereocenters. The Morgan fingerprint density at radius 3 is 3.00 bits per heavy atom. The summed E-state index contributed by atoms with van der Waals surface area (Å²) >= 11 is 7.62. The van der Waals surface area contributed by atoms with Gasteiger partial charge in [0.15, 0.2) is 0 Å². The van der Waals surface area contributed by atoms with Gasteiger partial charge in [0.2, 0.25) is 0 Å². The van der Waals surface area contributed by atoms with Crippen molar-refractivity contribution in [1.82, 2.24) is 4.98 Å². The van der Waals surface area contributed by atoms with Crippen LogP contribution in [0, 0.1) is 0 Å².